The molecular weight excluding hydrogens is 282 g/mol. The van der Waals surface area contributed by atoms with Crippen molar-refractivity contribution in [1.82, 2.24) is 25.2 Å². The van der Waals surface area contributed by atoms with Gasteiger partial charge in [-0.05, 0) is 12.1 Å². The molecule has 0 radical (unpaired) electrons. The summed E-state index contributed by atoms with van der Waals surface area (Å²) in [6, 6.07) is 3.52. The van der Waals surface area contributed by atoms with Gasteiger partial charge >= 0.3 is 0 Å². The number of aromatic nitrogens is 5. The maximum absolute atomic E-state index is 9.36. The molecule has 0 aliphatic carbocycles. The number of aliphatic hydroxyl groups is 1. The summed E-state index contributed by atoms with van der Waals surface area (Å²) in [5, 5.41) is 26.6. The van der Waals surface area contributed by atoms with Crippen LogP contribution in [-0.2, 0) is 18.0 Å². The third-order valence-corrected chi connectivity index (χ3v) is 3.42. The van der Waals surface area contributed by atoms with Crippen LogP contribution in [0.1, 0.15) is 10.7 Å². The standard InChI is InChI=1S/C11H11N5O3S/c1-18-6-9-13-14-11(20-9)16-10(7(5-17)12-15-16)8-3-2-4-19-8/h2-4,17H,5-6H2,1H3. The molecule has 0 saturated carbocycles. The van der Waals surface area contributed by atoms with Crippen LogP contribution in [-0.4, -0.2) is 37.4 Å². The molecular formula is C11H11N5O3S. The van der Waals surface area contributed by atoms with Crippen LogP contribution in [0.25, 0.3) is 16.6 Å². The zero-order valence-corrected chi connectivity index (χ0v) is 11.4. The summed E-state index contributed by atoms with van der Waals surface area (Å²) in [5.74, 6) is 0.558. The van der Waals surface area contributed by atoms with Gasteiger partial charge in [0.2, 0.25) is 5.13 Å². The molecule has 0 spiro atoms. The summed E-state index contributed by atoms with van der Waals surface area (Å²) in [5.41, 5.74) is 0.987. The minimum absolute atomic E-state index is 0.236. The normalized spacial score (nSPS) is 11.1. The SMILES string of the molecule is COCc1nnc(-n2nnc(CO)c2-c2ccco2)s1. The second kappa shape index (κ2) is 5.49. The Morgan fingerprint density at radius 2 is 2.30 bits per heavy atom. The van der Waals surface area contributed by atoms with Gasteiger partial charge in [-0.2, -0.15) is 4.68 Å². The van der Waals surface area contributed by atoms with Crippen molar-refractivity contribution < 1.29 is 14.3 Å². The molecule has 0 saturated heterocycles. The van der Waals surface area contributed by atoms with E-state index in [1.807, 2.05) is 0 Å². The van der Waals surface area contributed by atoms with E-state index in [2.05, 4.69) is 20.5 Å². The number of hydrogen-bond donors (Lipinski definition) is 1. The number of ether oxygens (including phenoxy) is 1. The highest BCUT2D eigenvalue weighted by Crippen LogP contribution is 2.27. The van der Waals surface area contributed by atoms with Crippen LogP contribution in [0.4, 0.5) is 0 Å². The van der Waals surface area contributed by atoms with Gasteiger partial charge in [-0.15, -0.1) is 15.3 Å². The van der Waals surface area contributed by atoms with Gasteiger partial charge in [0.05, 0.1) is 12.9 Å². The summed E-state index contributed by atoms with van der Waals surface area (Å²) in [4.78, 5) is 0. The van der Waals surface area contributed by atoms with E-state index in [9.17, 15) is 5.11 Å². The average molecular weight is 293 g/mol. The summed E-state index contributed by atoms with van der Waals surface area (Å²) >= 11 is 1.34. The lowest BCUT2D eigenvalue weighted by Gasteiger charge is -2.00. The summed E-state index contributed by atoms with van der Waals surface area (Å²) in [7, 11) is 1.59. The van der Waals surface area contributed by atoms with Crippen molar-refractivity contribution in [3.05, 3.63) is 29.1 Å². The van der Waals surface area contributed by atoms with Crippen LogP contribution in [0.5, 0.6) is 0 Å². The molecule has 3 rings (SSSR count). The topological polar surface area (TPSA) is 99.1 Å². The molecule has 0 aliphatic rings. The summed E-state index contributed by atoms with van der Waals surface area (Å²) in [6.07, 6.45) is 1.55. The Kier molecular flexibility index (Phi) is 3.54. The van der Waals surface area contributed by atoms with Crippen LogP contribution in [0.15, 0.2) is 22.8 Å². The molecule has 0 amide bonds. The smallest absolute Gasteiger partial charge is 0.235 e. The Morgan fingerprint density at radius 3 is 3.00 bits per heavy atom. The van der Waals surface area contributed by atoms with Gasteiger partial charge in [-0.25, -0.2) is 0 Å². The lowest BCUT2D eigenvalue weighted by atomic mass is 10.2. The van der Waals surface area contributed by atoms with E-state index >= 15 is 0 Å². The molecule has 8 nitrogen and oxygen atoms in total. The van der Waals surface area contributed by atoms with Crippen molar-refractivity contribution in [2.75, 3.05) is 7.11 Å². The zero-order valence-electron chi connectivity index (χ0n) is 10.6. The average Bonchev–Trinajstić information content (AvgIpc) is 3.18. The number of rotatable bonds is 5. The van der Waals surface area contributed by atoms with Gasteiger partial charge in [0.25, 0.3) is 0 Å². The van der Waals surface area contributed by atoms with Crippen molar-refractivity contribution in [1.29, 1.82) is 0 Å². The highest BCUT2D eigenvalue weighted by molar-refractivity contribution is 7.13. The molecule has 20 heavy (non-hydrogen) atoms. The second-order valence-electron chi connectivity index (χ2n) is 3.84. The van der Waals surface area contributed by atoms with E-state index in [0.717, 1.165) is 5.01 Å². The van der Waals surface area contributed by atoms with E-state index < -0.39 is 0 Å². The molecule has 3 heterocycles. The molecule has 0 atom stereocenters. The fourth-order valence-corrected chi connectivity index (χ4v) is 2.49. The Morgan fingerprint density at radius 1 is 1.40 bits per heavy atom. The predicted molar refractivity (Wildman–Crippen MR) is 69.2 cm³/mol. The van der Waals surface area contributed by atoms with Gasteiger partial charge < -0.3 is 14.3 Å². The minimum atomic E-state index is -0.236. The van der Waals surface area contributed by atoms with Gasteiger partial charge in [-0.3, -0.25) is 0 Å². The highest BCUT2D eigenvalue weighted by atomic mass is 32.1. The largest absolute Gasteiger partial charge is 0.463 e. The molecule has 1 N–H and O–H groups in total. The molecule has 3 aromatic rings. The molecule has 0 bridgehead atoms. The lowest BCUT2D eigenvalue weighted by Crippen LogP contribution is -1.99. The third-order valence-electron chi connectivity index (χ3n) is 2.55. The van der Waals surface area contributed by atoms with E-state index in [4.69, 9.17) is 9.15 Å². The van der Waals surface area contributed by atoms with Gasteiger partial charge in [0, 0.05) is 7.11 Å². The third kappa shape index (κ3) is 2.22. The van der Waals surface area contributed by atoms with Crippen LogP contribution in [0, 0.1) is 0 Å². The molecule has 9 heteroatoms. The first-order valence-corrected chi connectivity index (χ1v) is 6.56. The Balaban J connectivity index is 2.07. The van der Waals surface area contributed by atoms with Crippen molar-refractivity contribution >= 4 is 11.3 Å². The summed E-state index contributed by atoms with van der Waals surface area (Å²) < 4.78 is 11.9. The van der Waals surface area contributed by atoms with Crippen molar-refractivity contribution in [3.63, 3.8) is 0 Å². The monoisotopic (exact) mass is 293 g/mol. The number of methoxy groups -OCH3 is 1. The number of aliphatic hydroxyl groups excluding tert-OH is 1. The van der Waals surface area contributed by atoms with Crippen molar-refractivity contribution in [3.8, 4) is 16.6 Å². The number of nitrogens with zero attached hydrogens (tertiary/aromatic N) is 5. The Hall–Kier alpha value is -2.10. The van der Waals surface area contributed by atoms with Crippen LogP contribution >= 0.6 is 11.3 Å². The first-order valence-electron chi connectivity index (χ1n) is 5.74. The van der Waals surface area contributed by atoms with Gasteiger partial charge in [0.15, 0.2) is 5.76 Å². The van der Waals surface area contributed by atoms with Crippen LogP contribution in [0.2, 0.25) is 0 Å². The molecule has 104 valence electrons. The first kappa shape index (κ1) is 12.9. The zero-order chi connectivity index (χ0) is 13.9. The van der Waals surface area contributed by atoms with E-state index in [-0.39, 0.29) is 6.61 Å². The van der Waals surface area contributed by atoms with Crippen molar-refractivity contribution in [2.24, 2.45) is 0 Å². The first-order chi connectivity index (χ1) is 9.83. The molecule has 0 aromatic carbocycles. The maximum Gasteiger partial charge on any atom is 0.235 e. The Labute approximate surface area is 117 Å². The summed E-state index contributed by atoms with van der Waals surface area (Å²) in [6.45, 7) is 0.148. The van der Waals surface area contributed by atoms with E-state index in [1.54, 1.807) is 25.5 Å². The molecule has 0 fully saturated rings. The lowest BCUT2D eigenvalue weighted by molar-refractivity contribution is 0.184. The molecule has 3 aromatic heterocycles. The number of hydrogen-bond acceptors (Lipinski definition) is 8. The number of furan rings is 1. The second-order valence-corrected chi connectivity index (χ2v) is 4.88. The van der Waals surface area contributed by atoms with Crippen LogP contribution in [0.3, 0.4) is 0 Å². The predicted octanol–water partition coefficient (Wildman–Crippen LogP) is 1.02. The van der Waals surface area contributed by atoms with Gasteiger partial charge in [0.1, 0.15) is 23.0 Å². The molecule has 0 unspecified atom stereocenters. The highest BCUT2D eigenvalue weighted by Gasteiger charge is 2.20. The van der Waals surface area contributed by atoms with E-state index in [1.165, 1.54) is 16.0 Å². The van der Waals surface area contributed by atoms with Crippen LogP contribution < -0.4 is 0 Å². The van der Waals surface area contributed by atoms with E-state index in [0.29, 0.717) is 28.9 Å². The minimum Gasteiger partial charge on any atom is -0.463 e. The van der Waals surface area contributed by atoms with Crippen molar-refractivity contribution in [2.45, 2.75) is 13.2 Å². The fraction of sp³-hybridized carbons (Fsp3) is 0.273. The maximum atomic E-state index is 9.36. The fourth-order valence-electron chi connectivity index (χ4n) is 1.73. The van der Waals surface area contributed by atoms with Gasteiger partial charge in [-0.1, -0.05) is 16.6 Å². The Bertz CT molecular complexity index is 691. The quantitative estimate of drug-likeness (QED) is 0.749. The molecule has 0 aliphatic heterocycles.